The van der Waals surface area contributed by atoms with Gasteiger partial charge < -0.3 is 15.5 Å². The van der Waals surface area contributed by atoms with Gasteiger partial charge in [-0.15, -0.1) is 0 Å². The summed E-state index contributed by atoms with van der Waals surface area (Å²) in [6.07, 6.45) is 2.24. The lowest BCUT2D eigenvalue weighted by molar-refractivity contribution is -0.142. The molecule has 0 spiro atoms. The molecule has 1 unspecified atom stereocenters. The van der Waals surface area contributed by atoms with Crippen molar-refractivity contribution < 1.29 is 19.8 Å². The molecule has 1 aliphatic rings. The van der Waals surface area contributed by atoms with Crippen molar-refractivity contribution in [1.29, 1.82) is 0 Å². The molecule has 1 heterocycles. The summed E-state index contributed by atoms with van der Waals surface area (Å²) in [5, 5.41) is 22.2. The van der Waals surface area contributed by atoms with Gasteiger partial charge in [0.2, 0.25) is 5.91 Å². The molecule has 0 aromatic heterocycles. The minimum absolute atomic E-state index is 0.118. The molecule has 172 valence electrons. The number of amides is 1. The second-order valence-corrected chi connectivity index (χ2v) is 8.93. The molecule has 1 aliphatic heterocycles. The Morgan fingerprint density at radius 2 is 1.88 bits per heavy atom. The number of phenols is 1. The molecule has 4 atom stereocenters. The summed E-state index contributed by atoms with van der Waals surface area (Å²) in [7, 11) is 0. The Labute approximate surface area is 190 Å². The van der Waals surface area contributed by atoms with Crippen molar-refractivity contribution in [2.45, 2.75) is 51.6 Å². The molecule has 1 fully saturated rings. The molecule has 2 aromatic carbocycles. The number of carboxylic acid groups (broad SMARTS) is 1. The number of phenolic OH excluding ortho intramolecular Hbond substituents is 1. The van der Waals surface area contributed by atoms with E-state index in [0.29, 0.717) is 31.2 Å². The first kappa shape index (κ1) is 23.8. The van der Waals surface area contributed by atoms with E-state index in [1.54, 1.807) is 12.1 Å². The molecule has 3 rings (SSSR count). The van der Waals surface area contributed by atoms with Gasteiger partial charge in [0.15, 0.2) is 0 Å². The highest BCUT2D eigenvalue weighted by molar-refractivity contribution is 5.83. The molecule has 1 amide bonds. The fourth-order valence-electron chi connectivity index (χ4n) is 4.61. The fourth-order valence-corrected chi connectivity index (χ4v) is 4.61. The molecule has 1 saturated heterocycles. The topological polar surface area (TPSA) is 89.9 Å². The Morgan fingerprint density at radius 3 is 2.56 bits per heavy atom. The van der Waals surface area contributed by atoms with Gasteiger partial charge in [-0.05, 0) is 60.9 Å². The Kier molecular flexibility index (Phi) is 8.28. The van der Waals surface area contributed by atoms with E-state index in [1.165, 1.54) is 0 Å². The summed E-state index contributed by atoms with van der Waals surface area (Å²) < 4.78 is 0. The number of nitrogens with zero attached hydrogens (tertiary/aromatic N) is 1. The minimum Gasteiger partial charge on any atom is -0.508 e. The monoisotopic (exact) mass is 438 g/mol. The van der Waals surface area contributed by atoms with Crippen LogP contribution >= 0.6 is 0 Å². The van der Waals surface area contributed by atoms with Crippen molar-refractivity contribution in [3.8, 4) is 5.75 Å². The first-order chi connectivity index (χ1) is 15.3. The SMILES string of the molecule is C[C@@H]1CCN(CCC(=O)N[C@@H](CCc2ccccc2)C(=O)O)C(c2cccc(O)c2)[C@@H]1C. The van der Waals surface area contributed by atoms with Gasteiger partial charge in [0.1, 0.15) is 11.8 Å². The molecule has 6 nitrogen and oxygen atoms in total. The van der Waals surface area contributed by atoms with Gasteiger partial charge in [-0.2, -0.15) is 0 Å². The van der Waals surface area contributed by atoms with E-state index in [9.17, 15) is 19.8 Å². The molecular weight excluding hydrogens is 404 g/mol. The first-order valence-electron chi connectivity index (χ1n) is 11.4. The van der Waals surface area contributed by atoms with E-state index in [2.05, 4.69) is 24.1 Å². The molecule has 6 heteroatoms. The summed E-state index contributed by atoms with van der Waals surface area (Å²) >= 11 is 0. The van der Waals surface area contributed by atoms with Gasteiger partial charge in [-0.25, -0.2) is 4.79 Å². The lowest BCUT2D eigenvalue weighted by Crippen LogP contribution is -2.45. The first-order valence-corrected chi connectivity index (χ1v) is 11.4. The van der Waals surface area contributed by atoms with Gasteiger partial charge in [-0.3, -0.25) is 9.69 Å². The molecule has 0 aliphatic carbocycles. The number of benzene rings is 2. The van der Waals surface area contributed by atoms with Crippen molar-refractivity contribution >= 4 is 11.9 Å². The average Bonchev–Trinajstić information content (AvgIpc) is 2.77. The van der Waals surface area contributed by atoms with Crippen molar-refractivity contribution in [2.75, 3.05) is 13.1 Å². The van der Waals surface area contributed by atoms with Crippen LogP contribution in [0.5, 0.6) is 5.75 Å². The van der Waals surface area contributed by atoms with Gasteiger partial charge in [-0.1, -0.05) is 56.3 Å². The number of aromatic hydroxyl groups is 1. The van der Waals surface area contributed by atoms with Crippen LogP contribution in [0.3, 0.4) is 0 Å². The van der Waals surface area contributed by atoms with Crippen LogP contribution in [0.15, 0.2) is 54.6 Å². The number of piperidine rings is 1. The molecule has 32 heavy (non-hydrogen) atoms. The highest BCUT2D eigenvalue weighted by Gasteiger charge is 2.34. The van der Waals surface area contributed by atoms with E-state index < -0.39 is 12.0 Å². The van der Waals surface area contributed by atoms with Crippen LogP contribution in [0.1, 0.15) is 50.3 Å². The molecule has 0 saturated carbocycles. The van der Waals surface area contributed by atoms with Crippen LogP contribution in [0, 0.1) is 11.8 Å². The maximum absolute atomic E-state index is 12.6. The number of rotatable bonds is 9. The number of likely N-dealkylation sites (tertiary alicyclic amines) is 1. The van der Waals surface area contributed by atoms with E-state index in [4.69, 9.17) is 0 Å². The summed E-state index contributed by atoms with van der Waals surface area (Å²) in [6, 6.07) is 16.3. The number of carboxylic acids is 1. The second kappa shape index (κ2) is 11.1. The number of hydrogen-bond donors (Lipinski definition) is 3. The van der Waals surface area contributed by atoms with Crippen molar-refractivity contribution in [3.63, 3.8) is 0 Å². The summed E-state index contributed by atoms with van der Waals surface area (Å²) in [5.74, 6) is -0.0832. The van der Waals surface area contributed by atoms with Gasteiger partial charge in [0.05, 0.1) is 0 Å². The van der Waals surface area contributed by atoms with E-state index in [-0.39, 0.29) is 24.1 Å². The Hall–Kier alpha value is -2.86. The Balaban J connectivity index is 1.59. The molecular formula is C26H34N2O4. The molecule has 2 aromatic rings. The predicted octanol–water partition coefficient (Wildman–Crippen LogP) is 4.00. The lowest BCUT2D eigenvalue weighted by Gasteiger charge is -2.43. The smallest absolute Gasteiger partial charge is 0.326 e. The molecule has 3 N–H and O–H groups in total. The summed E-state index contributed by atoms with van der Waals surface area (Å²) in [4.78, 5) is 26.6. The standard InChI is InChI=1S/C26H34N2O4/c1-18-13-15-28(25(19(18)2)21-9-6-10-22(29)17-21)16-14-24(30)27-23(26(31)32)12-11-20-7-4-3-5-8-20/h3-10,17-19,23,25,29H,11-16H2,1-2H3,(H,27,30)(H,31,32)/t18-,19-,23+,25?/m1/s1. The fraction of sp³-hybridized carbons (Fsp3) is 0.462. The molecule has 0 radical (unpaired) electrons. The largest absolute Gasteiger partial charge is 0.508 e. The lowest BCUT2D eigenvalue weighted by atomic mass is 9.79. The van der Waals surface area contributed by atoms with Crippen molar-refractivity contribution in [2.24, 2.45) is 11.8 Å². The molecule has 0 bridgehead atoms. The van der Waals surface area contributed by atoms with Gasteiger partial charge in [0, 0.05) is 19.0 Å². The van der Waals surface area contributed by atoms with Crippen LogP contribution in [0.25, 0.3) is 0 Å². The van der Waals surface area contributed by atoms with E-state index in [0.717, 1.165) is 24.1 Å². The normalized spacial score (nSPS) is 22.2. The third-order valence-electron chi connectivity index (χ3n) is 6.70. The number of carbonyl (C=O) groups excluding carboxylic acids is 1. The van der Waals surface area contributed by atoms with Gasteiger partial charge >= 0.3 is 5.97 Å². The Bertz CT molecular complexity index is 902. The van der Waals surface area contributed by atoms with Crippen LogP contribution in [0.2, 0.25) is 0 Å². The number of aliphatic carboxylic acids is 1. The van der Waals surface area contributed by atoms with Crippen LogP contribution in [-0.4, -0.2) is 46.1 Å². The zero-order valence-electron chi connectivity index (χ0n) is 18.9. The zero-order chi connectivity index (χ0) is 23.1. The number of hydrogen-bond acceptors (Lipinski definition) is 4. The quantitative estimate of drug-likeness (QED) is 0.551. The second-order valence-electron chi connectivity index (χ2n) is 8.93. The number of carbonyl (C=O) groups is 2. The minimum atomic E-state index is -1.01. The predicted molar refractivity (Wildman–Crippen MR) is 124 cm³/mol. The maximum Gasteiger partial charge on any atom is 0.326 e. The number of aryl methyl sites for hydroxylation is 1. The highest BCUT2D eigenvalue weighted by Crippen LogP contribution is 2.39. The van der Waals surface area contributed by atoms with Crippen molar-refractivity contribution in [3.05, 3.63) is 65.7 Å². The number of nitrogens with one attached hydrogen (secondary N) is 1. The third-order valence-corrected chi connectivity index (χ3v) is 6.70. The highest BCUT2D eigenvalue weighted by atomic mass is 16.4. The maximum atomic E-state index is 12.6. The summed E-state index contributed by atoms with van der Waals surface area (Å²) in [5.41, 5.74) is 2.11. The van der Waals surface area contributed by atoms with Crippen LogP contribution in [-0.2, 0) is 16.0 Å². The van der Waals surface area contributed by atoms with E-state index in [1.807, 2.05) is 42.5 Å². The van der Waals surface area contributed by atoms with E-state index >= 15 is 0 Å². The average molecular weight is 439 g/mol. The summed E-state index contributed by atoms with van der Waals surface area (Å²) in [6.45, 7) is 5.88. The van der Waals surface area contributed by atoms with Crippen LogP contribution < -0.4 is 5.32 Å². The Morgan fingerprint density at radius 1 is 1.12 bits per heavy atom. The third kappa shape index (κ3) is 6.33. The zero-order valence-corrected chi connectivity index (χ0v) is 18.9. The van der Waals surface area contributed by atoms with Crippen LogP contribution in [0.4, 0.5) is 0 Å². The van der Waals surface area contributed by atoms with Crippen molar-refractivity contribution in [1.82, 2.24) is 10.2 Å². The van der Waals surface area contributed by atoms with Gasteiger partial charge in [0.25, 0.3) is 0 Å².